The lowest BCUT2D eigenvalue weighted by atomic mass is 10.2. The first-order valence-corrected chi connectivity index (χ1v) is 7.24. The summed E-state index contributed by atoms with van der Waals surface area (Å²) in [6, 6.07) is 7.34. The Morgan fingerprint density at radius 1 is 1.29 bits per heavy atom. The van der Waals surface area contributed by atoms with Crippen LogP contribution >= 0.6 is 11.6 Å². The smallest absolute Gasteiger partial charge is 0.261 e. The maximum absolute atomic E-state index is 12.6. The molecule has 2 heterocycles. The van der Waals surface area contributed by atoms with Crippen LogP contribution in [0.5, 0.6) is 0 Å². The summed E-state index contributed by atoms with van der Waals surface area (Å²) >= 11 is 5.95. The highest BCUT2D eigenvalue weighted by molar-refractivity contribution is 6.16. The van der Waals surface area contributed by atoms with Gasteiger partial charge in [0, 0.05) is 19.8 Å². The number of alkyl halides is 1. The van der Waals surface area contributed by atoms with Gasteiger partial charge in [-0.2, -0.15) is 5.10 Å². The number of nitrogens with zero attached hydrogens (tertiary/aromatic N) is 4. The average Bonchev–Trinajstić information content (AvgIpc) is 2.91. The Morgan fingerprint density at radius 2 is 2.10 bits per heavy atom. The van der Waals surface area contributed by atoms with Gasteiger partial charge in [0.2, 0.25) is 0 Å². The molecule has 0 aliphatic rings. The molecule has 3 aromatic rings. The molecule has 108 valence electrons. The molecule has 0 atom stereocenters. The molecular weight excluding hydrogens is 288 g/mol. The van der Waals surface area contributed by atoms with Gasteiger partial charge in [-0.1, -0.05) is 12.1 Å². The van der Waals surface area contributed by atoms with Crippen molar-refractivity contribution in [2.45, 2.75) is 18.8 Å². The maximum atomic E-state index is 12.6. The van der Waals surface area contributed by atoms with Gasteiger partial charge in [0.15, 0.2) is 0 Å². The lowest BCUT2D eigenvalue weighted by molar-refractivity contribution is 0.634. The highest BCUT2D eigenvalue weighted by atomic mass is 35.5. The molecule has 0 N–H and O–H groups in total. The molecule has 0 radical (unpaired) electrons. The largest absolute Gasteiger partial charge is 0.295 e. The molecule has 0 aliphatic carbocycles. The number of halogens is 1. The molecule has 6 heteroatoms. The van der Waals surface area contributed by atoms with Gasteiger partial charge in [0.05, 0.1) is 23.0 Å². The van der Waals surface area contributed by atoms with E-state index in [-0.39, 0.29) is 11.4 Å². The van der Waals surface area contributed by atoms with Gasteiger partial charge in [-0.15, -0.1) is 11.6 Å². The molecule has 0 bridgehead atoms. The zero-order valence-electron chi connectivity index (χ0n) is 11.7. The second-order valence-electron chi connectivity index (χ2n) is 4.91. The normalized spacial score (nSPS) is 11.1. The van der Waals surface area contributed by atoms with E-state index in [0.717, 1.165) is 12.0 Å². The van der Waals surface area contributed by atoms with Gasteiger partial charge >= 0.3 is 0 Å². The van der Waals surface area contributed by atoms with Gasteiger partial charge in [0.25, 0.3) is 5.56 Å². The highest BCUT2D eigenvalue weighted by Crippen LogP contribution is 2.10. The topological polar surface area (TPSA) is 52.7 Å². The van der Waals surface area contributed by atoms with Crippen LogP contribution < -0.4 is 5.56 Å². The summed E-state index contributed by atoms with van der Waals surface area (Å²) in [4.78, 5) is 17.1. The van der Waals surface area contributed by atoms with Crippen LogP contribution in [-0.2, 0) is 25.9 Å². The summed E-state index contributed by atoms with van der Waals surface area (Å²) in [5, 5.41) is 4.75. The van der Waals surface area contributed by atoms with Gasteiger partial charge < -0.3 is 0 Å². The van der Waals surface area contributed by atoms with Crippen molar-refractivity contribution >= 4 is 22.5 Å². The second kappa shape index (κ2) is 5.69. The summed E-state index contributed by atoms with van der Waals surface area (Å²) in [7, 11) is 1.87. The van der Waals surface area contributed by atoms with Crippen LogP contribution in [0.15, 0.2) is 41.5 Å². The zero-order valence-corrected chi connectivity index (χ0v) is 12.4. The SMILES string of the molecule is Cn1cc(CCn2c(CCl)nc3ccccc3c2=O)cn1. The van der Waals surface area contributed by atoms with E-state index >= 15 is 0 Å². The Labute approximate surface area is 126 Å². The molecular formula is C15H15ClN4O. The van der Waals surface area contributed by atoms with Gasteiger partial charge in [-0.25, -0.2) is 4.98 Å². The van der Waals surface area contributed by atoms with Crippen molar-refractivity contribution in [3.63, 3.8) is 0 Å². The van der Waals surface area contributed by atoms with Crippen molar-refractivity contribution in [2.24, 2.45) is 7.05 Å². The number of hydrogen-bond acceptors (Lipinski definition) is 3. The summed E-state index contributed by atoms with van der Waals surface area (Å²) in [5.41, 5.74) is 1.73. The Morgan fingerprint density at radius 3 is 2.81 bits per heavy atom. The maximum Gasteiger partial charge on any atom is 0.261 e. The van der Waals surface area contributed by atoms with E-state index in [9.17, 15) is 4.79 Å². The van der Waals surface area contributed by atoms with Crippen molar-refractivity contribution in [3.8, 4) is 0 Å². The van der Waals surface area contributed by atoms with Crippen LogP contribution in [0.25, 0.3) is 10.9 Å². The van der Waals surface area contributed by atoms with Crippen LogP contribution in [0, 0.1) is 0 Å². The minimum absolute atomic E-state index is 0.0415. The summed E-state index contributed by atoms with van der Waals surface area (Å²) < 4.78 is 3.40. The van der Waals surface area contributed by atoms with Gasteiger partial charge in [0.1, 0.15) is 5.82 Å². The Kier molecular flexibility index (Phi) is 3.75. The molecule has 0 saturated carbocycles. The van der Waals surface area contributed by atoms with Crippen molar-refractivity contribution in [3.05, 3.63) is 58.4 Å². The molecule has 0 amide bonds. The number of rotatable bonds is 4. The van der Waals surface area contributed by atoms with E-state index in [4.69, 9.17) is 11.6 Å². The number of benzene rings is 1. The molecule has 1 aromatic carbocycles. The van der Waals surface area contributed by atoms with Crippen LogP contribution in [-0.4, -0.2) is 19.3 Å². The second-order valence-corrected chi connectivity index (χ2v) is 5.18. The van der Waals surface area contributed by atoms with Gasteiger partial charge in [-0.05, 0) is 24.1 Å². The lowest BCUT2D eigenvalue weighted by Crippen LogP contribution is -2.25. The average molecular weight is 303 g/mol. The Hall–Kier alpha value is -2.14. The van der Waals surface area contributed by atoms with Crippen molar-refractivity contribution < 1.29 is 0 Å². The molecule has 3 rings (SSSR count). The molecule has 2 aromatic heterocycles. The number of para-hydroxylation sites is 1. The van der Waals surface area contributed by atoms with Crippen molar-refractivity contribution in [1.29, 1.82) is 0 Å². The summed E-state index contributed by atoms with van der Waals surface area (Å²) in [5.74, 6) is 0.817. The third-order valence-electron chi connectivity index (χ3n) is 3.44. The predicted octanol–water partition coefficient (Wildman–Crippen LogP) is 2.11. The van der Waals surface area contributed by atoms with Crippen LogP contribution in [0.2, 0.25) is 0 Å². The molecule has 0 unspecified atom stereocenters. The van der Waals surface area contributed by atoms with Gasteiger partial charge in [-0.3, -0.25) is 14.0 Å². The standard InChI is InChI=1S/C15H15ClN4O/c1-19-10-11(9-17-19)6-7-20-14(8-16)18-13-5-3-2-4-12(13)15(20)21/h2-5,9-10H,6-8H2,1H3. The van der Waals surface area contributed by atoms with Crippen LogP contribution in [0.4, 0.5) is 0 Å². The lowest BCUT2D eigenvalue weighted by Gasteiger charge is -2.11. The number of fused-ring (bicyclic) bond motifs is 1. The van der Waals surface area contributed by atoms with E-state index in [2.05, 4.69) is 10.1 Å². The fourth-order valence-corrected chi connectivity index (χ4v) is 2.59. The van der Waals surface area contributed by atoms with E-state index in [1.165, 1.54) is 0 Å². The Bertz CT molecular complexity index is 837. The highest BCUT2D eigenvalue weighted by Gasteiger charge is 2.10. The summed E-state index contributed by atoms with van der Waals surface area (Å²) in [6.07, 6.45) is 4.47. The van der Waals surface area contributed by atoms with Crippen LogP contribution in [0.1, 0.15) is 11.4 Å². The molecule has 5 nitrogen and oxygen atoms in total. The van der Waals surface area contributed by atoms with E-state index < -0.39 is 0 Å². The first kappa shape index (κ1) is 13.8. The first-order chi connectivity index (χ1) is 10.2. The molecule has 0 spiro atoms. The van der Waals surface area contributed by atoms with E-state index in [0.29, 0.717) is 23.3 Å². The molecule has 0 fully saturated rings. The number of aryl methyl sites for hydroxylation is 2. The molecule has 0 aliphatic heterocycles. The zero-order chi connectivity index (χ0) is 14.8. The quantitative estimate of drug-likeness (QED) is 0.694. The monoisotopic (exact) mass is 302 g/mol. The number of hydrogen-bond donors (Lipinski definition) is 0. The molecule has 0 saturated heterocycles. The van der Waals surface area contributed by atoms with Crippen LogP contribution in [0.3, 0.4) is 0 Å². The summed E-state index contributed by atoms with van der Waals surface area (Å²) in [6.45, 7) is 0.546. The molecule has 21 heavy (non-hydrogen) atoms. The predicted molar refractivity (Wildman–Crippen MR) is 82.5 cm³/mol. The Balaban J connectivity index is 2.00. The van der Waals surface area contributed by atoms with Crippen molar-refractivity contribution in [2.75, 3.05) is 0 Å². The number of aromatic nitrogens is 4. The minimum atomic E-state index is -0.0415. The van der Waals surface area contributed by atoms with E-state index in [1.807, 2.05) is 31.4 Å². The third kappa shape index (κ3) is 2.69. The van der Waals surface area contributed by atoms with Crippen molar-refractivity contribution in [1.82, 2.24) is 19.3 Å². The fraction of sp³-hybridized carbons (Fsp3) is 0.267. The third-order valence-corrected chi connectivity index (χ3v) is 3.68. The fourth-order valence-electron chi connectivity index (χ4n) is 2.39. The first-order valence-electron chi connectivity index (χ1n) is 6.71. The minimum Gasteiger partial charge on any atom is -0.295 e. The van der Waals surface area contributed by atoms with E-state index in [1.54, 1.807) is 21.5 Å².